The standard InChI is InChI=1S/C21H28BrNO3/c1-25-17-4-3-14(6-18(17)26-2)12-23-19(24)11-20-7-15-5-16(8-20)10-21(22,9-15)13-20/h3-4,6,15-16H,5,7-13H2,1-2H3,(H,23,24). The smallest absolute Gasteiger partial charge is 0.220 e. The zero-order valence-electron chi connectivity index (χ0n) is 15.6. The second-order valence-corrected chi connectivity index (χ2v) is 10.4. The van der Waals surface area contributed by atoms with E-state index in [0.717, 1.165) is 23.8 Å². The molecule has 0 heterocycles. The third kappa shape index (κ3) is 3.47. The van der Waals surface area contributed by atoms with Crippen molar-refractivity contribution in [3.05, 3.63) is 23.8 Å². The van der Waals surface area contributed by atoms with Gasteiger partial charge in [0.25, 0.3) is 0 Å². The fourth-order valence-electron chi connectivity index (χ4n) is 6.14. The van der Waals surface area contributed by atoms with Crippen molar-refractivity contribution in [3.8, 4) is 11.5 Å². The third-order valence-corrected chi connectivity index (χ3v) is 7.51. The Hall–Kier alpha value is -1.23. The van der Waals surface area contributed by atoms with Crippen molar-refractivity contribution in [1.29, 1.82) is 0 Å². The molecule has 0 aliphatic heterocycles. The molecule has 1 aromatic carbocycles. The van der Waals surface area contributed by atoms with Gasteiger partial charge in [0.2, 0.25) is 5.91 Å². The van der Waals surface area contributed by atoms with Crippen molar-refractivity contribution in [3.63, 3.8) is 0 Å². The first-order chi connectivity index (χ1) is 12.4. The molecule has 1 N–H and O–H groups in total. The van der Waals surface area contributed by atoms with E-state index < -0.39 is 0 Å². The van der Waals surface area contributed by atoms with E-state index in [1.54, 1.807) is 14.2 Å². The molecule has 5 rings (SSSR count). The van der Waals surface area contributed by atoms with Crippen LogP contribution >= 0.6 is 15.9 Å². The van der Waals surface area contributed by atoms with Gasteiger partial charge in [0.05, 0.1) is 14.2 Å². The van der Waals surface area contributed by atoms with Crippen LogP contribution in [-0.2, 0) is 11.3 Å². The van der Waals surface area contributed by atoms with Gasteiger partial charge in [0.1, 0.15) is 0 Å². The number of hydrogen-bond acceptors (Lipinski definition) is 3. The van der Waals surface area contributed by atoms with Crippen molar-refractivity contribution in [2.45, 2.75) is 55.8 Å². The summed E-state index contributed by atoms with van der Waals surface area (Å²) >= 11 is 4.03. The Morgan fingerprint density at radius 2 is 1.85 bits per heavy atom. The van der Waals surface area contributed by atoms with E-state index in [9.17, 15) is 4.79 Å². The number of methoxy groups -OCH3 is 2. The molecule has 4 aliphatic carbocycles. The van der Waals surface area contributed by atoms with Crippen LogP contribution in [0.15, 0.2) is 18.2 Å². The lowest BCUT2D eigenvalue weighted by atomic mass is 9.48. The van der Waals surface area contributed by atoms with Crippen molar-refractivity contribution in [1.82, 2.24) is 5.32 Å². The molecule has 4 bridgehead atoms. The summed E-state index contributed by atoms with van der Waals surface area (Å²) in [6, 6.07) is 5.78. The second-order valence-electron chi connectivity index (χ2n) is 8.75. The summed E-state index contributed by atoms with van der Waals surface area (Å²) in [5.41, 5.74) is 1.24. The Morgan fingerprint density at radius 3 is 2.46 bits per heavy atom. The van der Waals surface area contributed by atoms with Crippen molar-refractivity contribution < 1.29 is 14.3 Å². The SMILES string of the molecule is COc1ccc(CNC(=O)CC23CC4CC(CC(Br)(C4)C2)C3)cc1OC. The van der Waals surface area contributed by atoms with Gasteiger partial charge in [-0.2, -0.15) is 0 Å². The molecule has 0 spiro atoms. The number of benzene rings is 1. The minimum atomic E-state index is 0.179. The number of hydrogen-bond donors (Lipinski definition) is 1. The summed E-state index contributed by atoms with van der Waals surface area (Å²) in [5.74, 6) is 3.21. The Labute approximate surface area is 164 Å². The highest BCUT2D eigenvalue weighted by molar-refractivity contribution is 9.10. The predicted octanol–water partition coefficient (Wildman–Crippen LogP) is 4.44. The fourth-order valence-corrected chi connectivity index (χ4v) is 7.65. The number of nitrogens with one attached hydrogen (secondary N) is 1. The molecule has 0 radical (unpaired) electrons. The van der Waals surface area contributed by atoms with Gasteiger partial charge in [0, 0.05) is 17.3 Å². The van der Waals surface area contributed by atoms with E-state index >= 15 is 0 Å². The molecule has 1 amide bonds. The molecular weight excluding hydrogens is 394 g/mol. The summed E-state index contributed by atoms with van der Waals surface area (Å²) in [6.45, 7) is 0.529. The van der Waals surface area contributed by atoms with Crippen molar-refractivity contribution in [2.75, 3.05) is 14.2 Å². The molecular formula is C21H28BrNO3. The highest BCUT2D eigenvalue weighted by Gasteiger charge is 2.57. The largest absolute Gasteiger partial charge is 0.493 e. The maximum absolute atomic E-state index is 12.7. The molecule has 5 heteroatoms. The van der Waals surface area contributed by atoms with E-state index in [4.69, 9.17) is 9.47 Å². The molecule has 4 nitrogen and oxygen atoms in total. The summed E-state index contributed by atoms with van der Waals surface area (Å²) in [6.07, 6.45) is 8.29. The zero-order chi connectivity index (χ0) is 18.4. The second kappa shape index (κ2) is 6.74. The molecule has 4 saturated carbocycles. The fraction of sp³-hybridized carbons (Fsp3) is 0.667. The molecule has 0 aromatic heterocycles. The molecule has 26 heavy (non-hydrogen) atoms. The first-order valence-electron chi connectivity index (χ1n) is 9.59. The quantitative estimate of drug-likeness (QED) is 0.690. The van der Waals surface area contributed by atoms with Gasteiger partial charge in [-0.3, -0.25) is 4.79 Å². The van der Waals surface area contributed by atoms with E-state index in [1.165, 1.54) is 32.1 Å². The highest BCUT2D eigenvalue weighted by Crippen LogP contribution is 2.65. The molecule has 1 aromatic rings. The van der Waals surface area contributed by atoms with Gasteiger partial charge in [-0.25, -0.2) is 0 Å². The van der Waals surface area contributed by atoms with Crippen LogP contribution in [0.25, 0.3) is 0 Å². The number of amides is 1. The number of alkyl halides is 1. The molecule has 0 saturated heterocycles. The molecule has 2 atom stereocenters. The van der Waals surface area contributed by atoms with Crippen LogP contribution in [0.3, 0.4) is 0 Å². The first kappa shape index (κ1) is 18.1. The van der Waals surface area contributed by atoms with Gasteiger partial charge in [-0.1, -0.05) is 22.0 Å². The number of halogens is 1. The molecule has 2 unspecified atom stereocenters. The van der Waals surface area contributed by atoms with E-state index in [2.05, 4.69) is 21.2 Å². The highest BCUT2D eigenvalue weighted by atomic mass is 79.9. The first-order valence-corrected chi connectivity index (χ1v) is 10.4. The normalized spacial score (nSPS) is 34.6. The van der Waals surface area contributed by atoms with E-state index in [0.29, 0.717) is 28.8 Å². The molecule has 4 aliphatic rings. The van der Waals surface area contributed by atoms with Gasteiger partial charge in [-0.05, 0) is 73.5 Å². The Morgan fingerprint density at radius 1 is 1.15 bits per heavy atom. The van der Waals surface area contributed by atoms with Gasteiger partial charge in [0.15, 0.2) is 11.5 Å². The average molecular weight is 422 g/mol. The third-order valence-electron chi connectivity index (χ3n) is 6.58. The maximum atomic E-state index is 12.7. The summed E-state index contributed by atoms with van der Waals surface area (Å²) in [4.78, 5) is 12.7. The average Bonchev–Trinajstić information content (AvgIpc) is 2.57. The predicted molar refractivity (Wildman–Crippen MR) is 105 cm³/mol. The van der Waals surface area contributed by atoms with Crippen LogP contribution in [-0.4, -0.2) is 24.5 Å². The number of rotatable bonds is 6. The van der Waals surface area contributed by atoms with Crippen LogP contribution < -0.4 is 14.8 Å². The number of ether oxygens (including phenoxy) is 2. The summed E-state index contributed by atoms with van der Waals surface area (Å²) in [5, 5.41) is 3.12. The lowest BCUT2D eigenvalue weighted by Gasteiger charge is -2.60. The van der Waals surface area contributed by atoms with Crippen molar-refractivity contribution in [2.24, 2.45) is 17.3 Å². The molecule has 142 valence electrons. The van der Waals surface area contributed by atoms with Crippen LogP contribution in [0, 0.1) is 17.3 Å². The Bertz CT molecular complexity index is 690. The van der Waals surface area contributed by atoms with Crippen molar-refractivity contribution >= 4 is 21.8 Å². The monoisotopic (exact) mass is 421 g/mol. The summed E-state index contributed by atoms with van der Waals surface area (Å²) < 4.78 is 10.9. The minimum absolute atomic E-state index is 0.179. The molecule has 4 fully saturated rings. The lowest BCUT2D eigenvalue weighted by Crippen LogP contribution is -2.54. The zero-order valence-corrected chi connectivity index (χ0v) is 17.2. The van der Waals surface area contributed by atoms with Crippen LogP contribution in [0.5, 0.6) is 11.5 Å². The van der Waals surface area contributed by atoms with Crippen LogP contribution in [0.4, 0.5) is 0 Å². The Kier molecular flexibility index (Phi) is 4.70. The number of carbonyl (C=O) groups is 1. The van der Waals surface area contributed by atoms with E-state index in [1.807, 2.05) is 18.2 Å². The van der Waals surface area contributed by atoms with Crippen LogP contribution in [0.2, 0.25) is 0 Å². The van der Waals surface area contributed by atoms with Gasteiger partial charge >= 0.3 is 0 Å². The van der Waals surface area contributed by atoms with Crippen LogP contribution in [0.1, 0.15) is 50.5 Å². The lowest BCUT2D eigenvalue weighted by molar-refractivity contribution is -0.128. The topological polar surface area (TPSA) is 47.6 Å². The van der Waals surface area contributed by atoms with Gasteiger partial charge in [-0.15, -0.1) is 0 Å². The minimum Gasteiger partial charge on any atom is -0.493 e. The number of carbonyl (C=O) groups excluding carboxylic acids is 1. The summed E-state index contributed by atoms with van der Waals surface area (Å²) in [7, 11) is 3.25. The maximum Gasteiger partial charge on any atom is 0.220 e. The van der Waals surface area contributed by atoms with E-state index in [-0.39, 0.29) is 11.3 Å². The Balaban J connectivity index is 1.38. The van der Waals surface area contributed by atoms with Gasteiger partial charge < -0.3 is 14.8 Å².